The van der Waals surface area contributed by atoms with Crippen molar-refractivity contribution in [3.05, 3.63) is 40.4 Å². The van der Waals surface area contributed by atoms with Crippen LogP contribution in [0.1, 0.15) is 25.2 Å². The maximum Gasteiger partial charge on any atom is 0.222 e. The monoisotopic (exact) mass is 369 g/mol. The van der Waals surface area contributed by atoms with Gasteiger partial charge in [-0.25, -0.2) is 14.0 Å². The minimum Gasteiger partial charge on any atom is -0.374 e. The topological polar surface area (TPSA) is 113 Å². The number of aromatic nitrogens is 2. The molecule has 1 amide bonds. The van der Waals surface area contributed by atoms with E-state index in [0.717, 1.165) is 0 Å². The molecule has 10 heteroatoms. The zero-order valence-electron chi connectivity index (χ0n) is 13.6. The molecule has 0 saturated heterocycles. The summed E-state index contributed by atoms with van der Waals surface area (Å²) in [5, 5.41) is 22.1. The SMILES string of the molecule is CC(C)C(=O)NCc1nonc1/C(=N/CO)Nc1ccc(F)c(Cl)c1. The molecule has 0 aliphatic rings. The molecule has 0 saturated carbocycles. The van der Waals surface area contributed by atoms with Crippen LogP contribution in [0.3, 0.4) is 0 Å². The number of aliphatic imine (C=N–C) groups is 1. The second kappa shape index (κ2) is 8.54. The second-order valence-electron chi connectivity index (χ2n) is 5.33. The summed E-state index contributed by atoms with van der Waals surface area (Å²) in [5.41, 5.74) is 0.958. The van der Waals surface area contributed by atoms with Crippen molar-refractivity contribution < 1.29 is 18.9 Å². The minimum absolute atomic E-state index is 0.0731. The number of rotatable bonds is 6. The zero-order chi connectivity index (χ0) is 18.4. The molecule has 0 fully saturated rings. The molecule has 1 aromatic carbocycles. The van der Waals surface area contributed by atoms with Gasteiger partial charge in [-0.05, 0) is 23.4 Å². The molecule has 1 heterocycles. The van der Waals surface area contributed by atoms with E-state index in [2.05, 4.69) is 25.9 Å². The summed E-state index contributed by atoms with van der Waals surface area (Å²) >= 11 is 5.75. The van der Waals surface area contributed by atoms with Gasteiger partial charge in [0.2, 0.25) is 5.91 Å². The van der Waals surface area contributed by atoms with Gasteiger partial charge in [0, 0.05) is 11.6 Å². The van der Waals surface area contributed by atoms with Crippen molar-refractivity contribution in [2.75, 3.05) is 12.0 Å². The van der Waals surface area contributed by atoms with Crippen LogP contribution in [0.2, 0.25) is 5.02 Å². The molecule has 134 valence electrons. The molecule has 0 aliphatic carbocycles. The van der Waals surface area contributed by atoms with Crippen molar-refractivity contribution in [1.82, 2.24) is 15.6 Å². The number of nitrogens with zero attached hydrogens (tertiary/aromatic N) is 3. The van der Waals surface area contributed by atoms with Gasteiger partial charge in [0.25, 0.3) is 0 Å². The predicted octanol–water partition coefficient (Wildman–Crippen LogP) is 1.94. The summed E-state index contributed by atoms with van der Waals surface area (Å²) in [7, 11) is 0. The highest BCUT2D eigenvalue weighted by atomic mass is 35.5. The average molecular weight is 370 g/mol. The maximum atomic E-state index is 13.3. The lowest BCUT2D eigenvalue weighted by atomic mass is 10.2. The van der Waals surface area contributed by atoms with E-state index < -0.39 is 12.5 Å². The Bertz CT molecular complexity index is 778. The number of carbonyl (C=O) groups is 1. The van der Waals surface area contributed by atoms with Crippen LogP contribution in [0.25, 0.3) is 0 Å². The first kappa shape index (κ1) is 18.8. The van der Waals surface area contributed by atoms with E-state index in [-0.39, 0.29) is 34.9 Å². The quantitative estimate of drug-likeness (QED) is 0.530. The first-order valence-electron chi connectivity index (χ1n) is 7.39. The summed E-state index contributed by atoms with van der Waals surface area (Å²) in [5.74, 6) is -0.769. The maximum absolute atomic E-state index is 13.3. The van der Waals surface area contributed by atoms with Crippen LogP contribution in [-0.2, 0) is 11.3 Å². The van der Waals surface area contributed by atoms with Gasteiger partial charge in [0.1, 0.15) is 18.2 Å². The van der Waals surface area contributed by atoms with Gasteiger partial charge >= 0.3 is 0 Å². The van der Waals surface area contributed by atoms with Crippen molar-refractivity contribution in [2.24, 2.45) is 10.9 Å². The van der Waals surface area contributed by atoms with Gasteiger partial charge in [-0.3, -0.25) is 4.79 Å². The number of hydrogen-bond acceptors (Lipinski definition) is 6. The third-order valence-electron chi connectivity index (χ3n) is 3.15. The van der Waals surface area contributed by atoms with E-state index in [0.29, 0.717) is 11.4 Å². The molecule has 1 aromatic heterocycles. The Morgan fingerprint density at radius 1 is 1.44 bits per heavy atom. The lowest BCUT2D eigenvalue weighted by molar-refractivity contribution is -0.124. The predicted molar refractivity (Wildman–Crippen MR) is 89.6 cm³/mol. The number of aliphatic hydroxyl groups is 1. The molecule has 3 N–H and O–H groups in total. The normalized spacial score (nSPS) is 11.7. The molecule has 0 radical (unpaired) electrons. The van der Waals surface area contributed by atoms with Crippen LogP contribution in [0.4, 0.5) is 10.1 Å². The number of nitrogens with one attached hydrogen (secondary N) is 2. The summed E-state index contributed by atoms with van der Waals surface area (Å²) < 4.78 is 18.0. The molecule has 25 heavy (non-hydrogen) atoms. The lowest BCUT2D eigenvalue weighted by Gasteiger charge is -2.10. The lowest BCUT2D eigenvalue weighted by Crippen LogP contribution is -2.28. The Labute approximate surface area is 148 Å². The fourth-order valence-corrected chi connectivity index (χ4v) is 2.01. The zero-order valence-corrected chi connectivity index (χ0v) is 14.3. The fourth-order valence-electron chi connectivity index (χ4n) is 1.83. The minimum atomic E-state index is -0.562. The summed E-state index contributed by atoms with van der Waals surface area (Å²) in [6.45, 7) is 3.07. The van der Waals surface area contributed by atoms with Gasteiger partial charge in [0.15, 0.2) is 11.5 Å². The van der Waals surface area contributed by atoms with E-state index in [9.17, 15) is 9.18 Å². The van der Waals surface area contributed by atoms with Gasteiger partial charge < -0.3 is 15.7 Å². The van der Waals surface area contributed by atoms with Gasteiger partial charge in [0.05, 0.1) is 11.6 Å². The molecule has 0 bridgehead atoms. The Morgan fingerprint density at radius 3 is 2.84 bits per heavy atom. The van der Waals surface area contributed by atoms with Crippen LogP contribution in [0.5, 0.6) is 0 Å². The second-order valence-corrected chi connectivity index (χ2v) is 5.74. The third-order valence-corrected chi connectivity index (χ3v) is 3.44. The summed E-state index contributed by atoms with van der Waals surface area (Å²) in [6, 6.07) is 3.99. The Kier molecular flexibility index (Phi) is 6.43. The van der Waals surface area contributed by atoms with Crippen molar-refractivity contribution in [1.29, 1.82) is 0 Å². The van der Waals surface area contributed by atoms with Crippen molar-refractivity contribution in [3.8, 4) is 0 Å². The molecular formula is C15H17ClFN5O3. The van der Waals surface area contributed by atoms with Crippen molar-refractivity contribution in [2.45, 2.75) is 20.4 Å². The molecular weight excluding hydrogens is 353 g/mol. The van der Waals surface area contributed by atoms with E-state index in [1.165, 1.54) is 18.2 Å². The molecule has 2 rings (SSSR count). The number of aliphatic hydroxyl groups excluding tert-OH is 1. The average Bonchev–Trinajstić information content (AvgIpc) is 3.04. The van der Waals surface area contributed by atoms with Crippen LogP contribution >= 0.6 is 11.6 Å². The number of amides is 1. The van der Waals surface area contributed by atoms with E-state index in [1.807, 2.05) is 0 Å². The highest BCUT2D eigenvalue weighted by Crippen LogP contribution is 2.20. The van der Waals surface area contributed by atoms with E-state index >= 15 is 0 Å². The van der Waals surface area contributed by atoms with Gasteiger partial charge in [-0.15, -0.1) is 0 Å². The van der Waals surface area contributed by atoms with Crippen LogP contribution < -0.4 is 10.6 Å². The third kappa shape index (κ3) is 4.97. The molecule has 2 aromatic rings. The number of amidine groups is 1. The molecule has 0 aliphatic heterocycles. The number of hydrogen-bond donors (Lipinski definition) is 3. The number of carbonyl (C=O) groups excluding carboxylic acids is 1. The van der Waals surface area contributed by atoms with Crippen LogP contribution in [-0.4, -0.2) is 33.9 Å². The molecule has 8 nitrogen and oxygen atoms in total. The van der Waals surface area contributed by atoms with Crippen LogP contribution in [0.15, 0.2) is 27.8 Å². The highest BCUT2D eigenvalue weighted by Gasteiger charge is 2.18. The summed E-state index contributed by atoms with van der Waals surface area (Å²) in [6.07, 6.45) is 0. The Morgan fingerprint density at radius 2 is 2.20 bits per heavy atom. The first-order valence-corrected chi connectivity index (χ1v) is 7.77. The highest BCUT2D eigenvalue weighted by molar-refractivity contribution is 6.31. The van der Waals surface area contributed by atoms with Crippen LogP contribution in [0, 0.1) is 11.7 Å². The van der Waals surface area contributed by atoms with Gasteiger partial charge in [-0.1, -0.05) is 30.6 Å². The summed E-state index contributed by atoms with van der Waals surface area (Å²) in [4.78, 5) is 15.6. The van der Waals surface area contributed by atoms with E-state index in [4.69, 9.17) is 21.3 Å². The first-order chi connectivity index (χ1) is 11.9. The number of anilines is 1. The smallest absolute Gasteiger partial charge is 0.222 e. The largest absolute Gasteiger partial charge is 0.374 e. The Balaban J connectivity index is 2.20. The standard InChI is InChI=1S/C15H17ClFN5O3/c1-8(2)15(24)18-6-12-13(22-25-21-12)14(19-7-23)20-9-3-4-11(17)10(16)5-9/h3-5,8,23H,6-7H2,1-2H3,(H,18,24)(H,19,20). The number of halogens is 2. The fraction of sp³-hybridized carbons (Fsp3) is 0.333. The molecule has 0 spiro atoms. The Hall–Kier alpha value is -2.52. The molecule has 0 unspecified atom stereocenters. The van der Waals surface area contributed by atoms with E-state index in [1.54, 1.807) is 13.8 Å². The van der Waals surface area contributed by atoms with Crippen molar-refractivity contribution in [3.63, 3.8) is 0 Å². The number of benzene rings is 1. The van der Waals surface area contributed by atoms with Crippen molar-refractivity contribution >= 4 is 29.0 Å². The van der Waals surface area contributed by atoms with Gasteiger partial charge in [-0.2, -0.15) is 0 Å². The molecule has 0 atom stereocenters.